The van der Waals surface area contributed by atoms with E-state index in [2.05, 4.69) is 15.4 Å². The molecule has 0 radical (unpaired) electrons. The fraction of sp³-hybridized carbons (Fsp3) is 0.211. The molecule has 0 saturated heterocycles. The zero-order valence-electron chi connectivity index (χ0n) is 14.6. The molecule has 0 saturated carbocycles. The molecule has 28 heavy (non-hydrogen) atoms. The molecule has 0 fully saturated rings. The van der Waals surface area contributed by atoms with Crippen molar-refractivity contribution in [3.8, 4) is 0 Å². The van der Waals surface area contributed by atoms with Crippen molar-refractivity contribution in [1.29, 1.82) is 0 Å². The normalized spacial score (nSPS) is 13.5. The van der Waals surface area contributed by atoms with Crippen molar-refractivity contribution in [2.24, 2.45) is 0 Å². The number of nitrogens with one attached hydrogen (secondary N) is 2. The van der Waals surface area contributed by atoms with E-state index in [0.29, 0.717) is 6.54 Å². The van der Waals surface area contributed by atoms with Crippen LogP contribution < -0.4 is 15.8 Å². The van der Waals surface area contributed by atoms with Crippen molar-refractivity contribution >= 4 is 11.4 Å². The molecule has 6 nitrogen and oxygen atoms in total. The summed E-state index contributed by atoms with van der Waals surface area (Å²) in [5.41, 5.74) is 1.04. The van der Waals surface area contributed by atoms with Crippen LogP contribution in [0.1, 0.15) is 22.3 Å². The molecular formula is C19H16F3N5O. The lowest BCUT2D eigenvalue weighted by molar-refractivity contribution is -0.138. The number of halogens is 3. The Morgan fingerprint density at radius 2 is 1.93 bits per heavy atom. The molecule has 144 valence electrons. The first-order valence-corrected chi connectivity index (χ1v) is 8.57. The van der Waals surface area contributed by atoms with E-state index in [1.807, 2.05) is 35.4 Å². The van der Waals surface area contributed by atoms with Crippen LogP contribution in [0, 0.1) is 0 Å². The monoisotopic (exact) mass is 387 g/mol. The van der Waals surface area contributed by atoms with Crippen molar-refractivity contribution in [2.75, 3.05) is 10.2 Å². The third-order valence-electron chi connectivity index (χ3n) is 4.68. The Hall–Kier alpha value is -3.36. The number of pyridine rings is 1. The maximum Gasteiger partial charge on any atom is 0.423 e. The maximum atomic E-state index is 13.4. The summed E-state index contributed by atoms with van der Waals surface area (Å²) in [5.74, 6) is 0. The van der Waals surface area contributed by atoms with Crippen LogP contribution in [0.3, 0.4) is 0 Å². The lowest BCUT2D eigenvalue weighted by atomic mass is 10.1. The minimum Gasteiger partial charge on any atom is -0.381 e. The van der Waals surface area contributed by atoms with Crippen molar-refractivity contribution in [3.63, 3.8) is 0 Å². The molecule has 1 aliphatic rings. The Bertz CT molecular complexity index is 1050. The van der Waals surface area contributed by atoms with Gasteiger partial charge in [-0.3, -0.25) is 9.78 Å². The van der Waals surface area contributed by atoms with Gasteiger partial charge in [0.2, 0.25) is 0 Å². The predicted molar refractivity (Wildman–Crippen MR) is 97.8 cm³/mol. The van der Waals surface area contributed by atoms with E-state index < -0.39 is 17.3 Å². The molecule has 0 unspecified atom stereocenters. The summed E-state index contributed by atoms with van der Waals surface area (Å²) >= 11 is 0. The summed E-state index contributed by atoms with van der Waals surface area (Å²) in [6.07, 6.45) is -0.303. The number of H-pyrrole nitrogens is 1. The molecule has 2 aromatic heterocycles. The highest BCUT2D eigenvalue weighted by molar-refractivity contribution is 5.63. The molecule has 0 aliphatic carbocycles. The van der Waals surface area contributed by atoms with Crippen molar-refractivity contribution in [1.82, 2.24) is 15.2 Å². The molecule has 9 heteroatoms. The number of aromatic amines is 1. The van der Waals surface area contributed by atoms with Crippen LogP contribution in [-0.2, 0) is 25.8 Å². The van der Waals surface area contributed by atoms with Gasteiger partial charge in [-0.1, -0.05) is 12.1 Å². The second-order valence-electron chi connectivity index (χ2n) is 6.47. The second-order valence-corrected chi connectivity index (χ2v) is 6.47. The van der Waals surface area contributed by atoms with Gasteiger partial charge in [0.05, 0.1) is 11.9 Å². The van der Waals surface area contributed by atoms with E-state index in [9.17, 15) is 18.0 Å². The number of nitrogens with zero attached hydrogens (tertiary/aromatic N) is 3. The molecule has 3 aromatic rings. The first kappa shape index (κ1) is 18.0. The number of alkyl halides is 3. The van der Waals surface area contributed by atoms with Crippen molar-refractivity contribution in [2.45, 2.75) is 25.8 Å². The molecule has 0 bridgehead atoms. The van der Waals surface area contributed by atoms with Gasteiger partial charge < -0.3 is 10.2 Å². The van der Waals surface area contributed by atoms with Crippen LogP contribution in [0.25, 0.3) is 0 Å². The molecule has 0 spiro atoms. The standard InChI is InChI=1S/C19H16F3N5O/c20-19(21,22)17-16(9-25-26-18(17)28)27-10-13-2-1-3-15(14(13)11-27)24-8-12-4-6-23-7-5-12/h1-7,9,24H,8,10-11H2,(H,26,28). The largest absolute Gasteiger partial charge is 0.423 e. The highest BCUT2D eigenvalue weighted by Gasteiger charge is 2.39. The Morgan fingerprint density at radius 3 is 2.68 bits per heavy atom. The first-order chi connectivity index (χ1) is 13.4. The van der Waals surface area contributed by atoms with Gasteiger partial charge in [0, 0.05) is 37.7 Å². The molecule has 1 aliphatic heterocycles. The Balaban J connectivity index is 1.62. The summed E-state index contributed by atoms with van der Waals surface area (Å²) in [6.45, 7) is 1.09. The summed E-state index contributed by atoms with van der Waals surface area (Å²) in [6, 6.07) is 9.41. The van der Waals surface area contributed by atoms with Crippen LogP contribution in [-0.4, -0.2) is 15.2 Å². The van der Waals surface area contributed by atoms with Gasteiger partial charge in [0.1, 0.15) is 5.56 Å². The molecule has 4 rings (SSSR count). The number of rotatable bonds is 4. The Kier molecular flexibility index (Phi) is 4.50. The van der Waals surface area contributed by atoms with Crippen LogP contribution in [0.15, 0.2) is 53.7 Å². The summed E-state index contributed by atoms with van der Waals surface area (Å²) in [5, 5.41) is 8.76. The first-order valence-electron chi connectivity index (χ1n) is 8.57. The van der Waals surface area contributed by atoms with E-state index in [4.69, 9.17) is 0 Å². The van der Waals surface area contributed by atoms with Crippen LogP contribution in [0.2, 0.25) is 0 Å². The second kappa shape index (κ2) is 6.99. The lowest BCUT2D eigenvalue weighted by Gasteiger charge is -2.21. The zero-order valence-corrected chi connectivity index (χ0v) is 14.6. The summed E-state index contributed by atoms with van der Waals surface area (Å²) in [7, 11) is 0. The van der Waals surface area contributed by atoms with Crippen LogP contribution in [0.5, 0.6) is 0 Å². The van der Waals surface area contributed by atoms with Gasteiger partial charge in [-0.2, -0.15) is 18.3 Å². The third-order valence-corrected chi connectivity index (χ3v) is 4.68. The fourth-order valence-electron chi connectivity index (χ4n) is 3.36. The summed E-state index contributed by atoms with van der Waals surface area (Å²) < 4.78 is 40.2. The van der Waals surface area contributed by atoms with Gasteiger partial charge in [-0.05, 0) is 34.9 Å². The quantitative estimate of drug-likeness (QED) is 0.719. The molecular weight excluding hydrogens is 371 g/mol. The third kappa shape index (κ3) is 3.42. The van der Waals surface area contributed by atoms with Crippen LogP contribution in [0.4, 0.5) is 24.5 Å². The average molecular weight is 387 g/mol. The van der Waals surface area contributed by atoms with Crippen LogP contribution >= 0.6 is 0 Å². The van der Waals surface area contributed by atoms with Crippen molar-refractivity contribution < 1.29 is 13.2 Å². The highest BCUT2D eigenvalue weighted by atomic mass is 19.4. The van der Waals surface area contributed by atoms with Gasteiger partial charge >= 0.3 is 6.18 Å². The van der Waals surface area contributed by atoms with Gasteiger partial charge in [0.25, 0.3) is 5.56 Å². The van der Waals surface area contributed by atoms with E-state index in [1.165, 1.54) is 4.90 Å². The Labute approximate surface area is 158 Å². The van der Waals surface area contributed by atoms with E-state index >= 15 is 0 Å². The summed E-state index contributed by atoms with van der Waals surface area (Å²) in [4.78, 5) is 17.3. The van der Waals surface area contributed by atoms with Crippen molar-refractivity contribution in [3.05, 3.63) is 81.5 Å². The minimum absolute atomic E-state index is 0.215. The number of aromatic nitrogens is 3. The van der Waals surface area contributed by atoms with Gasteiger partial charge in [0.15, 0.2) is 0 Å². The zero-order chi connectivity index (χ0) is 19.7. The number of anilines is 2. The number of fused-ring (bicyclic) bond motifs is 1. The predicted octanol–water partition coefficient (Wildman–Crippen LogP) is 3.32. The average Bonchev–Trinajstić information content (AvgIpc) is 3.11. The highest BCUT2D eigenvalue weighted by Crippen LogP contribution is 2.38. The minimum atomic E-state index is -4.76. The molecule has 2 N–H and O–H groups in total. The van der Waals surface area contributed by atoms with E-state index in [-0.39, 0.29) is 18.8 Å². The topological polar surface area (TPSA) is 73.9 Å². The molecule has 3 heterocycles. The lowest BCUT2D eigenvalue weighted by Crippen LogP contribution is -2.28. The molecule has 0 atom stereocenters. The maximum absolute atomic E-state index is 13.4. The van der Waals surface area contributed by atoms with E-state index in [0.717, 1.165) is 28.6 Å². The van der Waals surface area contributed by atoms with Gasteiger partial charge in [-0.25, -0.2) is 5.10 Å². The molecule has 0 amide bonds. The SMILES string of the molecule is O=c1[nH]ncc(N2Cc3cccc(NCc4ccncc4)c3C2)c1C(F)(F)F. The van der Waals surface area contributed by atoms with Gasteiger partial charge in [-0.15, -0.1) is 0 Å². The number of benzene rings is 1. The fourth-order valence-corrected chi connectivity index (χ4v) is 3.36. The Morgan fingerprint density at radius 1 is 1.14 bits per heavy atom. The number of hydrogen-bond acceptors (Lipinski definition) is 5. The van der Waals surface area contributed by atoms with E-state index in [1.54, 1.807) is 12.4 Å². The smallest absolute Gasteiger partial charge is 0.381 e. The number of hydrogen-bond donors (Lipinski definition) is 2. The molecule has 1 aromatic carbocycles.